The van der Waals surface area contributed by atoms with E-state index < -0.39 is 11.4 Å². The normalized spacial score (nSPS) is 51.8. The molecule has 0 radical (unpaired) electrons. The smallest absolute Gasteiger partial charge is 0.309 e. The van der Waals surface area contributed by atoms with E-state index in [2.05, 4.69) is 52.8 Å². The Bertz CT molecular complexity index is 982. The highest BCUT2D eigenvalue weighted by molar-refractivity contribution is 5.90. The highest BCUT2D eigenvalue weighted by Gasteiger charge is 2.68. The zero-order valence-corrected chi connectivity index (χ0v) is 23.6. The number of carboxylic acids is 1. The van der Waals surface area contributed by atoms with Gasteiger partial charge in [-0.15, -0.1) is 0 Å². The summed E-state index contributed by atoms with van der Waals surface area (Å²) < 4.78 is 0. The van der Waals surface area contributed by atoms with Crippen LogP contribution in [0.2, 0.25) is 0 Å². The van der Waals surface area contributed by atoms with Gasteiger partial charge in [0.2, 0.25) is 0 Å². The van der Waals surface area contributed by atoms with Gasteiger partial charge < -0.3 is 9.94 Å². The quantitative estimate of drug-likeness (QED) is 0.321. The van der Waals surface area contributed by atoms with Crippen molar-refractivity contribution in [3.8, 4) is 0 Å². The molecule has 5 aliphatic rings. The second kappa shape index (κ2) is 7.60. The van der Waals surface area contributed by atoms with Crippen LogP contribution in [0.4, 0.5) is 0 Å². The lowest BCUT2D eigenvalue weighted by atomic mass is 9.33. The molecule has 0 aromatic carbocycles. The molecule has 1 N–H and O–H groups in total. The summed E-state index contributed by atoms with van der Waals surface area (Å²) in [6.45, 7) is 17.1. The summed E-state index contributed by atoms with van der Waals surface area (Å²) in [5, 5.41) is 14.6. The van der Waals surface area contributed by atoms with E-state index in [9.17, 15) is 9.90 Å². The fraction of sp³-hybridized carbons (Fsp3) is 0.871. The monoisotopic (exact) mass is 483 g/mol. The number of rotatable bonds is 2. The maximum Gasteiger partial charge on any atom is 0.309 e. The molecule has 0 spiro atoms. The van der Waals surface area contributed by atoms with Crippen LogP contribution in [0.5, 0.6) is 0 Å². The van der Waals surface area contributed by atoms with E-state index in [1.807, 2.05) is 6.92 Å². The van der Waals surface area contributed by atoms with Crippen molar-refractivity contribution in [1.29, 1.82) is 0 Å². The van der Waals surface area contributed by atoms with Gasteiger partial charge in [-0.25, -0.2) is 0 Å². The Kier molecular flexibility index (Phi) is 5.50. The molecular formula is C31H49NO3. The first-order valence-corrected chi connectivity index (χ1v) is 14.2. The minimum atomic E-state index is -0.599. The third-order valence-electron chi connectivity index (χ3n) is 13.3. The van der Waals surface area contributed by atoms with Crippen molar-refractivity contribution in [2.45, 2.75) is 113 Å². The second-order valence-electron chi connectivity index (χ2n) is 15.0. The van der Waals surface area contributed by atoms with Crippen molar-refractivity contribution in [3.05, 3.63) is 11.6 Å². The van der Waals surface area contributed by atoms with Gasteiger partial charge in [0.05, 0.1) is 11.1 Å². The Morgan fingerprint density at radius 3 is 2.31 bits per heavy atom. The number of hydrogen-bond donors (Lipinski definition) is 1. The van der Waals surface area contributed by atoms with Crippen molar-refractivity contribution in [2.24, 2.45) is 55.4 Å². The average Bonchev–Trinajstić information content (AvgIpc) is 2.77. The molecule has 5 aliphatic carbocycles. The fourth-order valence-corrected chi connectivity index (χ4v) is 10.6. The molecule has 4 saturated carbocycles. The van der Waals surface area contributed by atoms with E-state index in [-0.39, 0.29) is 27.1 Å². The third kappa shape index (κ3) is 3.16. The summed E-state index contributed by atoms with van der Waals surface area (Å²) in [6.07, 6.45) is 13.7. The molecule has 4 heteroatoms. The van der Waals surface area contributed by atoms with Gasteiger partial charge in [0.25, 0.3) is 0 Å². The van der Waals surface area contributed by atoms with Crippen molar-refractivity contribution in [3.63, 3.8) is 0 Å². The molecule has 0 heterocycles. The van der Waals surface area contributed by atoms with Crippen LogP contribution < -0.4 is 0 Å². The minimum Gasteiger partial charge on any atom is -0.481 e. The summed E-state index contributed by atoms with van der Waals surface area (Å²) in [7, 11) is 1.68. The summed E-state index contributed by atoms with van der Waals surface area (Å²) in [4.78, 5) is 17.6. The first kappa shape index (κ1) is 25.3. The van der Waals surface area contributed by atoms with Crippen molar-refractivity contribution in [1.82, 2.24) is 0 Å². The standard InChI is InChI=1S/C31H49NO3/c1-26(2)22-11-14-31(7)23(29(22,5)13-12-24(26)32-35-8)10-9-20-21-19-28(4,25(33)34)16-15-27(21,3)17-18-30(20,31)6/h9,21-23H,10-19H2,1-8H3,(H,33,34)/b32-24-/t21-,22-,23+,27+,28+,29-,30+,31+/m0/s1. The van der Waals surface area contributed by atoms with E-state index in [4.69, 9.17) is 4.84 Å². The van der Waals surface area contributed by atoms with Gasteiger partial charge in [0, 0.05) is 5.41 Å². The van der Waals surface area contributed by atoms with E-state index in [0.717, 1.165) is 32.1 Å². The summed E-state index contributed by atoms with van der Waals surface area (Å²) in [5.41, 5.74) is 3.31. The van der Waals surface area contributed by atoms with Crippen LogP contribution in [0.25, 0.3) is 0 Å². The highest BCUT2D eigenvalue weighted by atomic mass is 16.6. The first-order valence-electron chi connectivity index (χ1n) is 14.2. The van der Waals surface area contributed by atoms with Crippen molar-refractivity contribution >= 4 is 11.7 Å². The molecular weight excluding hydrogens is 434 g/mol. The molecule has 8 atom stereocenters. The molecule has 5 rings (SSSR count). The zero-order chi connectivity index (χ0) is 25.7. The number of carbonyl (C=O) groups is 1. The second-order valence-corrected chi connectivity index (χ2v) is 15.0. The molecule has 4 nitrogen and oxygen atoms in total. The fourth-order valence-electron chi connectivity index (χ4n) is 10.6. The Morgan fingerprint density at radius 1 is 0.971 bits per heavy atom. The Labute approximate surface area is 213 Å². The number of nitrogens with zero attached hydrogens (tertiary/aromatic N) is 1. The van der Waals surface area contributed by atoms with E-state index in [1.165, 1.54) is 37.8 Å². The number of fused-ring (bicyclic) bond motifs is 7. The lowest BCUT2D eigenvalue weighted by molar-refractivity contribution is -0.169. The molecule has 0 saturated heterocycles. The Morgan fingerprint density at radius 2 is 1.66 bits per heavy atom. The van der Waals surface area contributed by atoms with Crippen molar-refractivity contribution < 1.29 is 14.7 Å². The van der Waals surface area contributed by atoms with Crippen LogP contribution in [0.1, 0.15) is 113 Å². The SMILES string of the molecule is CO/N=C1/CC[C@]2(C)[C@H]3CC=C4[C@@H]5C[C@](C)(C(=O)O)CC[C@]5(C)CC[C@@]4(C)[C@]3(C)CC[C@H]2C1(C)C. The van der Waals surface area contributed by atoms with Crippen LogP contribution in [-0.2, 0) is 9.63 Å². The van der Waals surface area contributed by atoms with Crippen LogP contribution >= 0.6 is 0 Å². The highest BCUT2D eigenvalue weighted by Crippen LogP contribution is 2.75. The van der Waals surface area contributed by atoms with Gasteiger partial charge in [-0.1, -0.05) is 58.3 Å². The molecule has 0 aliphatic heterocycles. The molecule has 4 fully saturated rings. The molecule has 0 bridgehead atoms. The molecule has 0 aromatic heterocycles. The van der Waals surface area contributed by atoms with Gasteiger partial charge in [-0.2, -0.15) is 0 Å². The molecule has 0 aromatic rings. The number of hydrogen-bond acceptors (Lipinski definition) is 3. The van der Waals surface area contributed by atoms with E-state index >= 15 is 0 Å². The van der Waals surface area contributed by atoms with Gasteiger partial charge in [-0.3, -0.25) is 4.79 Å². The largest absolute Gasteiger partial charge is 0.481 e. The number of carboxylic acid groups (broad SMARTS) is 1. The van der Waals surface area contributed by atoms with Crippen LogP contribution in [-0.4, -0.2) is 23.9 Å². The topological polar surface area (TPSA) is 58.9 Å². The number of oxime groups is 1. The lowest BCUT2D eigenvalue weighted by Gasteiger charge is -2.71. The predicted octanol–water partition coefficient (Wildman–Crippen LogP) is 7.88. The van der Waals surface area contributed by atoms with Crippen LogP contribution in [0.3, 0.4) is 0 Å². The third-order valence-corrected chi connectivity index (χ3v) is 13.3. The maximum atomic E-state index is 12.3. The number of allylic oxidation sites excluding steroid dienone is 2. The molecule has 0 amide bonds. The van der Waals surface area contributed by atoms with Crippen LogP contribution in [0, 0.1) is 50.2 Å². The lowest BCUT2D eigenvalue weighted by Crippen LogP contribution is -2.64. The first-order chi connectivity index (χ1) is 16.2. The van der Waals surface area contributed by atoms with Crippen molar-refractivity contribution in [2.75, 3.05) is 7.11 Å². The van der Waals surface area contributed by atoms with Crippen LogP contribution in [0.15, 0.2) is 16.8 Å². The van der Waals surface area contributed by atoms with Gasteiger partial charge in [0.1, 0.15) is 7.11 Å². The average molecular weight is 484 g/mol. The van der Waals surface area contributed by atoms with Gasteiger partial charge >= 0.3 is 5.97 Å². The summed E-state index contributed by atoms with van der Waals surface area (Å²) in [6, 6.07) is 0. The predicted molar refractivity (Wildman–Crippen MR) is 141 cm³/mol. The molecule has 196 valence electrons. The van der Waals surface area contributed by atoms with E-state index in [1.54, 1.807) is 12.7 Å². The molecule has 35 heavy (non-hydrogen) atoms. The minimum absolute atomic E-state index is 0.0625. The summed E-state index contributed by atoms with van der Waals surface area (Å²) in [5.74, 6) is 1.08. The zero-order valence-electron chi connectivity index (χ0n) is 23.6. The van der Waals surface area contributed by atoms with Gasteiger partial charge in [-0.05, 0) is 111 Å². The number of aliphatic carboxylic acids is 1. The van der Waals surface area contributed by atoms with E-state index in [0.29, 0.717) is 17.8 Å². The Balaban J connectivity index is 1.56. The maximum absolute atomic E-state index is 12.3. The Hall–Kier alpha value is -1.32. The van der Waals surface area contributed by atoms with Gasteiger partial charge in [0.15, 0.2) is 0 Å². The molecule has 0 unspecified atom stereocenters. The summed E-state index contributed by atoms with van der Waals surface area (Å²) >= 11 is 0.